The van der Waals surface area contributed by atoms with Crippen LogP contribution in [-0.2, 0) is 6.42 Å². The van der Waals surface area contributed by atoms with E-state index in [1.54, 1.807) is 24.1 Å². The van der Waals surface area contributed by atoms with Crippen LogP contribution in [-0.4, -0.2) is 42.9 Å². The Kier molecular flexibility index (Phi) is 3.33. The van der Waals surface area contributed by atoms with Gasteiger partial charge in [0.05, 0.1) is 28.8 Å². The average molecular weight is 327 g/mol. The molecule has 0 atom stereocenters. The van der Waals surface area contributed by atoms with E-state index in [9.17, 15) is 9.18 Å². The van der Waals surface area contributed by atoms with Crippen LogP contribution in [0, 0.1) is 12.7 Å². The van der Waals surface area contributed by atoms with E-state index in [0.717, 1.165) is 18.5 Å². The van der Waals surface area contributed by atoms with Crippen LogP contribution in [0.3, 0.4) is 0 Å². The van der Waals surface area contributed by atoms with Crippen molar-refractivity contribution >= 4 is 11.6 Å². The molecule has 1 amide bonds. The monoisotopic (exact) mass is 327 g/mol. The molecular weight excluding hydrogens is 313 g/mol. The molecule has 24 heavy (non-hydrogen) atoms. The Labute approximate surface area is 136 Å². The molecule has 0 fully saturated rings. The number of tetrazole rings is 1. The van der Waals surface area contributed by atoms with Gasteiger partial charge in [-0.3, -0.25) is 9.89 Å². The number of aromatic nitrogens is 6. The van der Waals surface area contributed by atoms with Gasteiger partial charge in [0.1, 0.15) is 5.82 Å². The molecule has 3 aromatic rings. The molecule has 9 heteroatoms. The predicted octanol–water partition coefficient (Wildman–Crippen LogP) is 1.43. The first kappa shape index (κ1) is 14.5. The summed E-state index contributed by atoms with van der Waals surface area (Å²) < 4.78 is 15.9. The molecule has 0 saturated heterocycles. The summed E-state index contributed by atoms with van der Waals surface area (Å²) in [5, 5.41) is 17.9. The van der Waals surface area contributed by atoms with Gasteiger partial charge in [-0.25, -0.2) is 4.39 Å². The van der Waals surface area contributed by atoms with Crippen molar-refractivity contribution in [3.63, 3.8) is 0 Å². The fraction of sp³-hybridized carbons (Fsp3) is 0.267. The second-order valence-corrected chi connectivity index (χ2v) is 5.60. The number of H-pyrrole nitrogens is 1. The number of aromatic amines is 1. The number of hydrogen-bond acceptors (Lipinski definition) is 5. The summed E-state index contributed by atoms with van der Waals surface area (Å²) in [5.41, 5.74) is 2.09. The molecule has 4 rings (SSSR count). The Morgan fingerprint density at radius 3 is 3.00 bits per heavy atom. The molecule has 122 valence electrons. The first-order valence-corrected chi connectivity index (χ1v) is 7.54. The topological polar surface area (TPSA) is 92.6 Å². The smallest absolute Gasteiger partial charge is 0.261 e. The maximum atomic E-state index is 14.5. The van der Waals surface area contributed by atoms with Crippen LogP contribution in [0.1, 0.15) is 28.3 Å². The predicted molar refractivity (Wildman–Crippen MR) is 82.4 cm³/mol. The fourth-order valence-electron chi connectivity index (χ4n) is 2.89. The van der Waals surface area contributed by atoms with E-state index in [1.807, 2.05) is 0 Å². The molecule has 8 nitrogen and oxygen atoms in total. The Bertz CT molecular complexity index is 916. The molecule has 1 N–H and O–H groups in total. The van der Waals surface area contributed by atoms with Crippen molar-refractivity contribution in [2.75, 3.05) is 11.4 Å². The molecule has 1 aliphatic rings. The molecule has 0 radical (unpaired) electrons. The van der Waals surface area contributed by atoms with Gasteiger partial charge in [0, 0.05) is 12.6 Å². The highest BCUT2D eigenvalue weighted by atomic mass is 19.1. The van der Waals surface area contributed by atoms with Gasteiger partial charge >= 0.3 is 0 Å². The van der Waals surface area contributed by atoms with Crippen LogP contribution < -0.4 is 4.90 Å². The molecule has 0 aliphatic carbocycles. The highest BCUT2D eigenvalue weighted by Crippen LogP contribution is 2.27. The lowest BCUT2D eigenvalue weighted by Crippen LogP contribution is -2.35. The molecule has 1 aliphatic heterocycles. The second-order valence-electron chi connectivity index (χ2n) is 5.60. The number of fused-ring (bicyclic) bond motifs is 1. The number of amides is 1. The number of anilines is 1. The van der Waals surface area contributed by atoms with Crippen molar-refractivity contribution in [2.45, 2.75) is 19.8 Å². The van der Waals surface area contributed by atoms with Gasteiger partial charge in [-0.15, -0.1) is 5.10 Å². The summed E-state index contributed by atoms with van der Waals surface area (Å²) in [6.07, 6.45) is 3.24. The van der Waals surface area contributed by atoms with Crippen molar-refractivity contribution < 1.29 is 9.18 Å². The summed E-state index contributed by atoms with van der Waals surface area (Å²) in [7, 11) is 0. The molecule has 0 unspecified atom stereocenters. The maximum Gasteiger partial charge on any atom is 0.261 e. The number of nitrogens with one attached hydrogen (secondary N) is 1. The lowest BCUT2D eigenvalue weighted by molar-refractivity contribution is 0.0981. The van der Waals surface area contributed by atoms with Crippen LogP contribution in [0.2, 0.25) is 0 Å². The fourth-order valence-corrected chi connectivity index (χ4v) is 2.89. The van der Waals surface area contributed by atoms with Crippen molar-refractivity contribution in [3.05, 3.63) is 47.3 Å². The van der Waals surface area contributed by atoms with E-state index in [4.69, 9.17) is 0 Å². The molecule has 0 saturated carbocycles. The summed E-state index contributed by atoms with van der Waals surface area (Å²) in [6, 6.07) is 4.35. The first-order chi connectivity index (χ1) is 11.6. The quantitative estimate of drug-likeness (QED) is 0.768. The van der Waals surface area contributed by atoms with E-state index < -0.39 is 5.82 Å². The van der Waals surface area contributed by atoms with Crippen LogP contribution in [0.15, 0.2) is 24.4 Å². The Balaban J connectivity index is 1.68. The Hall–Kier alpha value is -3.10. The zero-order chi connectivity index (χ0) is 16.7. The zero-order valence-electron chi connectivity index (χ0n) is 12.9. The van der Waals surface area contributed by atoms with Crippen LogP contribution >= 0.6 is 0 Å². The summed E-state index contributed by atoms with van der Waals surface area (Å²) in [5.74, 6) is -0.453. The number of carbonyl (C=O) groups is 1. The average Bonchev–Trinajstić information content (AvgIpc) is 3.22. The summed E-state index contributed by atoms with van der Waals surface area (Å²) in [6.45, 7) is 2.25. The normalized spacial score (nSPS) is 13.8. The van der Waals surface area contributed by atoms with Gasteiger partial charge in [0.25, 0.3) is 5.91 Å². The second kappa shape index (κ2) is 5.52. The summed E-state index contributed by atoms with van der Waals surface area (Å²) in [4.78, 5) is 14.3. The Morgan fingerprint density at radius 2 is 2.25 bits per heavy atom. The number of benzene rings is 1. The largest absolute Gasteiger partial charge is 0.305 e. The van der Waals surface area contributed by atoms with E-state index in [0.29, 0.717) is 23.7 Å². The lowest BCUT2D eigenvalue weighted by atomic mass is 10.1. The first-order valence-electron chi connectivity index (χ1n) is 7.54. The minimum Gasteiger partial charge on any atom is -0.305 e. The third kappa shape index (κ3) is 2.25. The SMILES string of the molecule is Cc1nnnn1-c1ccc(C(=O)N2CCCc3[nH]ncc32)c(F)c1. The van der Waals surface area contributed by atoms with Crippen LogP contribution in [0.5, 0.6) is 0 Å². The van der Waals surface area contributed by atoms with E-state index in [2.05, 4.69) is 25.7 Å². The van der Waals surface area contributed by atoms with Crippen LogP contribution in [0.25, 0.3) is 5.69 Å². The molecule has 2 aromatic heterocycles. The standard InChI is InChI=1S/C15H14FN7O/c1-9-18-20-21-23(9)10-4-5-11(12(16)7-10)15(24)22-6-2-3-13-14(22)8-17-19-13/h4-5,7-8H,2-3,6H2,1H3,(H,17,19). The number of halogens is 1. The zero-order valence-corrected chi connectivity index (χ0v) is 12.9. The lowest BCUT2D eigenvalue weighted by Gasteiger charge is -2.26. The molecule has 0 bridgehead atoms. The van der Waals surface area contributed by atoms with Gasteiger partial charge in [0.15, 0.2) is 5.82 Å². The van der Waals surface area contributed by atoms with Gasteiger partial charge in [0.2, 0.25) is 0 Å². The minimum atomic E-state index is -0.608. The van der Waals surface area contributed by atoms with Gasteiger partial charge < -0.3 is 4.90 Å². The van der Waals surface area contributed by atoms with Crippen molar-refractivity contribution in [2.24, 2.45) is 0 Å². The molecule has 1 aromatic carbocycles. The highest BCUT2D eigenvalue weighted by molar-refractivity contribution is 6.06. The molecule has 0 spiro atoms. The number of rotatable bonds is 2. The van der Waals surface area contributed by atoms with E-state index >= 15 is 0 Å². The minimum absolute atomic E-state index is 0.0125. The van der Waals surface area contributed by atoms with Gasteiger partial charge in [-0.2, -0.15) is 9.78 Å². The molecule has 3 heterocycles. The summed E-state index contributed by atoms with van der Waals surface area (Å²) >= 11 is 0. The van der Waals surface area contributed by atoms with E-state index in [1.165, 1.54) is 16.8 Å². The Morgan fingerprint density at radius 1 is 1.38 bits per heavy atom. The number of hydrogen-bond donors (Lipinski definition) is 1. The maximum absolute atomic E-state index is 14.5. The highest BCUT2D eigenvalue weighted by Gasteiger charge is 2.27. The van der Waals surface area contributed by atoms with E-state index in [-0.39, 0.29) is 11.5 Å². The van der Waals surface area contributed by atoms with Crippen molar-refractivity contribution in [1.29, 1.82) is 0 Å². The van der Waals surface area contributed by atoms with Crippen molar-refractivity contribution in [1.82, 2.24) is 30.4 Å². The van der Waals surface area contributed by atoms with Crippen molar-refractivity contribution in [3.8, 4) is 5.69 Å². The molecular formula is C15H14FN7O. The third-order valence-electron chi connectivity index (χ3n) is 4.09. The van der Waals surface area contributed by atoms with Gasteiger partial charge in [-0.1, -0.05) is 0 Å². The number of carbonyl (C=O) groups excluding carboxylic acids is 1. The van der Waals surface area contributed by atoms with Gasteiger partial charge in [-0.05, 0) is 42.3 Å². The number of aryl methyl sites for hydroxylation is 2. The van der Waals surface area contributed by atoms with Crippen LogP contribution in [0.4, 0.5) is 10.1 Å². The number of nitrogens with zero attached hydrogens (tertiary/aromatic N) is 6. The third-order valence-corrected chi connectivity index (χ3v) is 4.09.